The summed E-state index contributed by atoms with van der Waals surface area (Å²) >= 11 is 11.3. The second kappa shape index (κ2) is 10.2. The van der Waals surface area contributed by atoms with Crippen LogP contribution in [-0.4, -0.2) is 23.9 Å². The molecule has 4 rings (SSSR count). The molecule has 0 radical (unpaired) electrons. The van der Waals surface area contributed by atoms with E-state index < -0.39 is 0 Å². The average Bonchev–Trinajstić information content (AvgIpc) is 3.15. The molecule has 1 heterocycles. The van der Waals surface area contributed by atoms with E-state index in [0.29, 0.717) is 38.7 Å². The van der Waals surface area contributed by atoms with Crippen LogP contribution in [0.3, 0.4) is 0 Å². The van der Waals surface area contributed by atoms with E-state index in [1.807, 2.05) is 36.4 Å². The van der Waals surface area contributed by atoms with Gasteiger partial charge in [-0.3, -0.25) is 0 Å². The molecule has 0 saturated heterocycles. The van der Waals surface area contributed by atoms with Crippen LogP contribution in [-0.2, 0) is 24.0 Å². The monoisotopic (exact) mass is 531 g/mol. The minimum Gasteiger partial charge on any atom is -0.506 e. The van der Waals surface area contributed by atoms with Gasteiger partial charge >= 0.3 is 5.97 Å². The van der Waals surface area contributed by atoms with Crippen molar-refractivity contribution in [1.82, 2.24) is 0 Å². The molecule has 3 aromatic rings. The molecule has 0 bridgehead atoms. The highest BCUT2D eigenvalue weighted by atomic mass is 79.9. The Morgan fingerprint density at radius 3 is 2.84 bits per heavy atom. The lowest BCUT2D eigenvalue weighted by molar-refractivity contribution is 0.0526. The molecule has 1 aliphatic rings. The molecule has 7 heteroatoms. The van der Waals surface area contributed by atoms with Gasteiger partial charge in [-0.05, 0) is 89.8 Å². The number of benzene rings is 2. The van der Waals surface area contributed by atoms with Crippen molar-refractivity contribution in [3.05, 3.63) is 78.6 Å². The van der Waals surface area contributed by atoms with Crippen molar-refractivity contribution in [1.29, 1.82) is 0 Å². The number of carbonyl (C=O) groups excluding carboxylic acids is 1. The van der Waals surface area contributed by atoms with Crippen LogP contribution >= 0.6 is 38.9 Å². The van der Waals surface area contributed by atoms with E-state index in [1.165, 1.54) is 4.88 Å². The van der Waals surface area contributed by atoms with Gasteiger partial charge in [-0.15, -0.1) is 11.3 Å². The number of aryl methyl sites for hydroxylation is 1. The molecule has 166 valence electrons. The van der Waals surface area contributed by atoms with Gasteiger partial charge in [0.25, 0.3) is 0 Å². The SMILES string of the molecule is CCOC(=O)c1c(/N=C/c2cc(Cc3ccccc3Cl)cc(Br)c2O)sc2c1CCCC2. The Morgan fingerprint density at radius 2 is 2.06 bits per heavy atom. The molecule has 1 N–H and O–H groups in total. The quantitative estimate of drug-likeness (QED) is 0.268. The minimum atomic E-state index is -0.322. The number of aliphatic imine (C=N–C) groups is 1. The predicted octanol–water partition coefficient (Wildman–Crippen LogP) is 7.27. The van der Waals surface area contributed by atoms with E-state index >= 15 is 0 Å². The molecule has 2 aromatic carbocycles. The van der Waals surface area contributed by atoms with Crippen molar-refractivity contribution in [3.8, 4) is 5.75 Å². The molecule has 1 aliphatic carbocycles. The van der Waals surface area contributed by atoms with Crippen molar-refractivity contribution in [2.75, 3.05) is 6.61 Å². The summed E-state index contributed by atoms with van der Waals surface area (Å²) in [7, 11) is 0. The minimum absolute atomic E-state index is 0.107. The first kappa shape index (κ1) is 23.0. The Kier molecular flexibility index (Phi) is 7.33. The maximum absolute atomic E-state index is 12.7. The van der Waals surface area contributed by atoms with Gasteiger partial charge in [0.15, 0.2) is 0 Å². The highest BCUT2D eigenvalue weighted by Gasteiger charge is 2.26. The Hall–Kier alpha value is -2.15. The molecule has 0 unspecified atom stereocenters. The maximum atomic E-state index is 12.7. The number of thiophene rings is 1. The summed E-state index contributed by atoms with van der Waals surface area (Å²) in [6, 6.07) is 11.5. The van der Waals surface area contributed by atoms with Crippen LogP contribution in [0.1, 0.15) is 57.3 Å². The van der Waals surface area contributed by atoms with Gasteiger partial charge in [-0.1, -0.05) is 29.8 Å². The van der Waals surface area contributed by atoms with Crippen molar-refractivity contribution in [2.24, 2.45) is 4.99 Å². The smallest absolute Gasteiger partial charge is 0.341 e. The van der Waals surface area contributed by atoms with Crippen LogP contribution in [0.2, 0.25) is 5.02 Å². The molecule has 0 atom stereocenters. The van der Waals surface area contributed by atoms with Crippen molar-refractivity contribution in [2.45, 2.75) is 39.0 Å². The molecule has 0 saturated carbocycles. The fraction of sp³-hybridized carbons (Fsp3) is 0.280. The number of fused-ring (bicyclic) bond motifs is 1. The number of hydrogen-bond donors (Lipinski definition) is 1. The third-order valence-corrected chi connectivity index (χ3v) is 7.63. The zero-order chi connectivity index (χ0) is 22.7. The van der Waals surface area contributed by atoms with E-state index in [0.717, 1.165) is 42.4 Å². The van der Waals surface area contributed by atoms with Crippen LogP contribution in [0, 0.1) is 0 Å². The number of aromatic hydroxyl groups is 1. The van der Waals surface area contributed by atoms with Crippen LogP contribution in [0.15, 0.2) is 45.9 Å². The number of phenolic OH excluding ortho intramolecular Hbond substituents is 1. The predicted molar refractivity (Wildman–Crippen MR) is 134 cm³/mol. The first-order chi connectivity index (χ1) is 15.5. The number of carbonyl (C=O) groups is 1. The van der Waals surface area contributed by atoms with Crippen LogP contribution in [0.25, 0.3) is 0 Å². The molecule has 4 nitrogen and oxygen atoms in total. The Bertz CT molecular complexity index is 1190. The van der Waals surface area contributed by atoms with Crippen molar-refractivity contribution in [3.63, 3.8) is 0 Å². The molecule has 0 aliphatic heterocycles. The summed E-state index contributed by atoms with van der Waals surface area (Å²) in [5, 5.41) is 11.9. The van der Waals surface area contributed by atoms with E-state index in [4.69, 9.17) is 16.3 Å². The zero-order valence-corrected chi connectivity index (χ0v) is 20.8. The van der Waals surface area contributed by atoms with Gasteiger partial charge in [-0.2, -0.15) is 0 Å². The largest absolute Gasteiger partial charge is 0.506 e. The fourth-order valence-corrected chi connectivity index (χ4v) is 5.87. The number of phenols is 1. The number of esters is 1. The summed E-state index contributed by atoms with van der Waals surface area (Å²) < 4.78 is 5.89. The summed E-state index contributed by atoms with van der Waals surface area (Å²) in [6.07, 6.45) is 6.27. The molecular weight excluding hydrogens is 510 g/mol. The Balaban J connectivity index is 1.69. The van der Waals surface area contributed by atoms with Gasteiger partial charge in [0.1, 0.15) is 10.8 Å². The number of hydrogen-bond acceptors (Lipinski definition) is 5. The maximum Gasteiger partial charge on any atom is 0.341 e. The summed E-state index contributed by atoms with van der Waals surface area (Å²) in [4.78, 5) is 18.5. The lowest BCUT2D eigenvalue weighted by Crippen LogP contribution is -2.09. The van der Waals surface area contributed by atoms with Crippen LogP contribution in [0.4, 0.5) is 5.00 Å². The number of halogens is 2. The Morgan fingerprint density at radius 1 is 1.28 bits per heavy atom. The lowest BCUT2D eigenvalue weighted by atomic mass is 9.95. The normalized spacial score (nSPS) is 13.3. The van der Waals surface area contributed by atoms with Gasteiger partial charge in [0.2, 0.25) is 0 Å². The first-order valence-corrected chi connectivity index (χ1v) is 12.6. The number of ether oxygens (including phenoxy) is 1. The standard InChI is InChI=1S/C25H23BrClNO3S/c1-2-31-25(30)22-18-8-4-6-10-21(18)32-24(22)28-14-17-12-15(13-19(26)23(17)29)11-16-7-3-5-9-20(16)27/h3,5,7,9,12-14,29H,2,4,6,8,10-11H2,1H3/b28-14+. The zero-order valence-electron chi connectivity index (χ0n) is 17.7. The third kappa shape index (κ3) is 4.92. The number of rotatable bonds is 6. The highest BCUT2D eigenvalue weighted by Crippen LogP contribution is 2.40. The summed E-state index contributed by atoms with van der Waals surface area (Å²) in [6.45, 7) is 2.13. The fourth-order valence-electron chi connectivity index (χ4n) is 3.93. The van der Waals surface area contributed by atoms with Crippen LogP contribution < -0.4 is 0 Å². The molecular formula is C25H23BrClNO3S. The second-order valence-electron chi connectivity index (χ2n) is 7.65. The summed E-state index contributed by atoms with van der Waals surface area (Å²) in [5.74, 6) is -0.215. The van der Waals surface area contributed by atoms with Gasteiger partial charge in [-0.25, -0.2) is 9.79 Å². The topological polar surface area (TPSA) is 58.9 Å². The number of nitrogens with zero attached hydrogens (tertiary/aromatic N) is 1. The average molecular weight is 533 g/mol. The van der Waals surface area contributed by atoms with Gasteiger partial charge in [0.05, 0.1) is 16.6 Å². The van der Waals surface area contributed by atoms with E-state index in [9.17, 15) is 9.90 Å². The molecule has 0 spiro atoms. The van der Waals surface area contributed by atoms with Crippen LogP contribution in [0.5, 0.6) is 5.75 Å². The Labute approximate surface area is 205 Å². The second-order valence-corrected chi connectivity index (χ2v) is 10.00. The highest BCUT2D eigenvalue weighted by molar-refractivity contribution is 9.10. The van der Waals surface area contributed by atoms with Crippen molar-refractivity contribution >= 4 is 56.1 Å². The molecule has 1 aromatic heterocycles. The van der Waals surface area contributed by atoms with Crippen molar-refractivity contribution < 1.29 is 14.6 Å². The lowest BCUT2D eigenvalue weighted by Gasteiger charge is -2.11. The molecule has 32 heavy (non-hydrogen) atoms. The van der Waals surface area contributed by atoms with Gasteiger partial charge < -0.3 is 9.84 Å². The van der Waals surface area contributed by atoms with Gasteiger partial charge in [0, 0.05) is 21.7 Å². The van der Waals surface area contributed by atoms with E-state index in [2.05, 4.69) is 20.9 Å². The first-order valence-electron chi connectivity index (χ1n) is 10.6. The van der Waals surface area contributed by atoms with E-state index in [1.54, 1.807) is 24.5 Å². The molecule has 0 amide bonds. The third-order valence-electron chi connectivity index (χ3n) is 5.46. The van der Waals surface area contributed by atoms with E-state index in [-0.39, 0.29) is 11.7 Å². The summed E-state index contributed by atoms with van der Waals surface area (Å²) in [5.41, 5.74) is 4.21. The molecule has 0 fully saturated rings.